The van der Waals surface area contributed by atoms with Crippen LogP contribution in [0.3, 0.4) is 0 Å². The lowest BCUT2D eigenvalue weighted by atomic mass is 10.2. The fourth-order valence-electron chi connectivity index (χ4n) is 1.81. The molecular formula is C13H13N3O4. The van der Waals surface area contributed by atoms with Crippen LogP contribution >= 0.6 is 0 Å². The van der Waals surface area contributed by atoms with Gasteiger partial charge in [-0.3, -0.25) is 14.9 Å². The molecule has 0 atom stereocenters. The van der Waals surface area contributed by atoms with Crippen LogP contribution in [0.15, 0.2) is 36.5 Å². The van der Waals surface area contributed by atoms with Crippen LogP contribution < -0.4 is 5.32 Å². The van der Waals surface area contributed by atoms with Gasteiger partial charge in [-0.25, -0.2) is 0 Å². The number of aromatic hydroxyl groups is 1. The van der Waals surface area contributed by atoms with E-state index in [9.17, 15) is 20.0 Å². The molecule has 0 aliphatic carbocycles. The van der Waals surface area contributed by atoms with Gasteiger partial charge in [0.05, 0.1) is 11.1 Å². The molecule has 0 saturated carbocycles. The monoisotopic (exact) mass is 275 g/mol. The molecule has 0 spiro atoms. The molecule has 2 N–H and O–H groups in total. The lowest BCUT2D eigenvalue weighted by Crippen LogP contribution is -2.24. The number of nitrogens with one attached hydrogen (secondary N) is 1. The number of rotatable bonds is 4. The molecule has 1 aromatic heterocycles. The van der Waals surface area contributed by atoms with Crippen molar-refractivity contribution >= 4 is 11.6 Å². The smallest absolute Gasteiger partial charge is 0.287 e. The molecular weight excluding hydrogens is 262 g/mol. The minimum Gasteiger partial charge on any atom is -0.508 e. The number of hydrogen-bond acceptors (Lipinski definition) is 4. The number of phenolic OH excluding ortho intramolecular Hbond substituents is 1. The largest absolute Gasteiger partial charge is 0.508 e. The molecule has 0 bridgehead atoms. The van der Waals surface area contributed by atoms with E-state index in [0.717, 1.165) is 5.56 Å². The summed E-state index contributed by atoms with van der Waals surface area (Å²) < 4.78 is 1.40. The fourth-order valence-corrected chi connectivity index (χ4v) is 1.81. The third-order valence-corrected chi connectivity index (χ3v) is 2.80. The molecule has 0 aliphatic rings. The van der Waals surface area contributed by atoms with Gasteiger partial charge in [0.2, 0.25) is 0 Å². The Labute approximate surface area is 114 Å². The van der Waals surface area contributed by atoms with Crippen molar-refractivity contribution in [2.24, 2.45) is 7.05 Å². The zero-order chi connectivity index (χ0) is 14.7. The van der Waals surface area contributed by atoms with Crippen LogP contribution in [0.25, 0.3) is 0 Å². The first kappa shape index (κ1) is 13.6. The first-order chi connectivity index (χ1) is 9.47. The highest BCUT2D eigenvalue weighted by Gasteiger charge is 2.17. The summed E-state index contributed by atoms with van der Waals surface area (Å²) >= 11 is 0. The number of hydrogen-bond donors (Lipinski definition) is 2. The van der Waals surface area contributed by atoms with Crippen molar-refractivity contribution < 1.29 is 14.8 Å². The number of carbonyl (C=O) groups excluding carboxylic acids is 1. The number of aryl methyl sites for hydroxylation is 1. The van der Waals surface area contributed by atoms with Crippen molar-refractivity contribution in [3.8, 4) is 5.75 Å². The maximum atomic E-state index is 11.9. The average Bonchev–Trinajstić information content (AvgIpc) is 2.78. The second kappa shape index (κ2) is 5.43. The predicted molar refractivity (Wildman–Crippen MR) is 71.3 cm³/mol. The molecule has 0 unspecified atom stereocenters. The van der Waals surface area contributed by atoms with Crippen molar-refractivity contribution in [1.29, 1.82) is 0 Å². The Balaban J connectivity index is 2.07. The maximum Gasteiger partial charge on any atom is 0.287 e. The van der Waals surface area contributed by atoms with E-state index in [1.807, 2.05) is 0 Å². The highest BCUT2D eigenvalue weighted by Crippen LogP contribution is 2.15. The molecule has 7 heteroatoms. The van der Waals surface area contributed by atoms with E-state index < -0.39 is 10.8 Å². The fraction of sp³-hybridized carbons (Fsp3) is 0.154. The van der Waals surface area contributed by atoms with Crippen LogP contribution in [0.1, 0.15) is 16.1 Å². The van der Waals surface area contributed by atoms with Crippen LogP contribution in [0, 0.1) is 10.1 Å². The maximum absolute atomic E-state index is 11.9. The molecule has 104 valence electrons. The number of carbonyl (C=O) groups is 1. The summed E-state index contributed by atoms with van der Waals surface area (Å²) in [6, 6.07) is 7.72. The minimum absolute atomic E-state index is 0.117. The van der Waals surface area contributed by atoms with E-state index in [-0.39, 0.29) is 23.7 Å². The van der Waals surface area contributed by atoms with Gasteiger partial charge < -0.3 is 15.0 Å². The van der Waals surface area contributed by atoms with Crippen LogP contribution in [0.5, 0.6) is 5.75 Å². The van der Waals surface area contributed by atoms with Gasteiger partial charge in [0, 0.05) is 19.7 Å². The van der Waals surface area contributed by atoms with Crippen molar-refractivity contribution in [3.05, 3.63) is 57.9 Å². The van der Waals surface area contributed by atoms with Gasteiger partial charge in [-0.15, -0.1) is 0 Å². The van der Waals surface area contributed by atoms with Gasteiger partial charge in [-0.2, -0.15) is 0 Å². The first-order valence-corrected chi connectivity index (χ1v) is 5.84. The molecule has 1 aromatic carbocycles. The topological polar surface area (TPSA) is 97.4 Å². The Bertz CT molecular complexity index is 663. The highest BCUT2D eigenvalue weighted by atomic mass is 16.6. The molecule has 0 saturated heterocycles. The molecule has 1 amide bonds. The summed E-state index contributed by atoms with van der Waals surface area (Å²) in [5.41, 5.74) is 0.814. The number of phenols is 1. The van der Waals surface area contributed by atoms with E-state index in [0.29, 0.717) is 0 Å². The summed E-state index contributed by atoms with van der Waals surface area (Å²) in [5, 5.41) is 22.6. The average molecular weight is 275 g/mol. The molecule has 0 fully saturated rings. The number of nitrogens with zero attached hydrogens (tertiary/aromatic N) is 2. The third kappa shape index (κ3) is 2.94. The molecule has 0 aliphatic heterocycles. The Morgan fingerprint density at radius 2 is 2.20 bits per heavy atom. The second-order valence-corrected chi connectivity index (χ2v) is 4.30. The zero-order valence-electron chi connectivity index (χ0n) is 10.7. The third-order valence-electron chi connectivity index (χ3n) is 2.80. The van der Waals surface area contributed by atoms with E-state index in [1.165, 1.54) is 29.0 Å². The molecule has 20 heavy (non-hydrogen) atoms. The van der Waals surface area contributed by atoms with Crippen LogP contribution in [-0.4, -0.2) is 20.5 Å². The van der Waals surface area contributed by atoms with Crippen molar-refractivity contribution in [2.45, 2.75) is 6.54 Å². The summed E-state index contributed by atoms with van der Waals surface area (Å²) in [6.45, 7) is 0.228. The van der Waals surface area contributed by atoms with Crippen LogP contribution in [0.4, 0.5) is 5.69 Å². The summed E-state index contributed by atoms with van der Waals surface area (Å²) in [4.78, 5) is 22.0. The van der Waals surface area contributed by atoms with Gasteiger partial charge in [0.25, 0.3) is 11.6 Å². The first-order valence-electron chi connectivity index (χ1n) is 5.84. The zero-order valence-corrected chi connectivity index (χ0v) is 10.7. The van der Waals surface area contributed by atoms with E-state index >= 15 is 0 Å². The molecule has 1 heterocycles. The van der Waals surface area contributed by atoms with Gasteiger partial charge in [-0.1, -0.05) is 12.1 Å². The predicted octanol–water partition coefficient (Wildman–Crippen LogP) is 1.57. The standard InChI is InChI=1S/C13H13N3O4/c1-15-8-10(16(19)20)6-12(15)13(18)14-7-9-3-2-4-11(17)5-9/h2-6,8,17H,7H2,1H3,(H,14,18). The van der Waals surface area contributed by atoms with Gasteiger partial charge in [0.1, 0.15) is 11.4 Å². The Hall–Kier alpha value is -2.83. The number of nitro groups is 1. The normalized spacial score (nSPS) is 10.2. The van der Waals surface area contributed by atoms with E-state index in [2.05, 4.69) is 5.32 Å². The van der Waals surface area contributed by atoms with Gasteiger partial charge in [0.15, 0.2) is 0 Å². The summed E-state index contributed by atoms with van der Waals surface area (Å²) in [6.07, 6.45) is 1.28. The Kier molecular flexibility index (Phi) is 3.69. The van der Waals surface area contributed by atoms with E-state index in [4.69, 9.17) is 0 Å². The van der Waals surface area contributed by atoms with Crippen LogP contribution in [-0.2, 0) is 13.6 Å². The number of benzene rings is 1. The number of aromatic nitrogens is 1. The van der Waals surface area contributed by atoms with Crippen LogP contribution in [0.2, 0.25) is 0 Å². The van der Waals surface area contributed by atoms with Gasteiger partial charge in [-0.05, 0) is 17.7 Å². The second-order valence-electron chi connectivity index (χ2n) is 4.30. The number of amides is 1. The highest BCUT2D eigenvalue weighted by molar-refractivity contribution is 5.93. The van der Waals surface area contributed by atoms with E-state index in [1.54, 1.807) is 19.2 Å². The minimum atomic E-state index is -0.550. The molecule has 2 aromatic rings. The van der Waals surface area contributed by atoms with Crippen molar-refractivity contribution in [2.75, 3.05) is 0 Å². The Morgan fingerprint density at radius 3 is 2.80 bits per heavy atom. The van der Waals surface area contributed by atoms with Gasteiger partial charge >= 0.3 is 0 Å². The lowest BCUT2D eigenvalue weighted by molar-refractivity contribution is -0.384. The molecule has 0 radical (unpaired) electrons. The molecule has 7 nitrogen and oxygen atoms in total. The van der Waals surface area contributed by atoms with Crippen molar-refractivity contribution in [1.82, 2.24) is 9.88 Å². The summed E-state index contributed by atoms with van der Waals surface area (Å²) in [7, 11) is 1.57. The Morgan fingerprint density at radius 1 is 1.45 bits per heavy atom. The SMILES string of the molecule is Cn1cc([N+](=O)[O-])cc1C(=O)NCc1cccc(O)c1. The summed E-state index contributed by atoms with van der Waals surface area (Å²) in [5.74, 6) is -0.296. The quantitative estimate of drug-likeness (QED) is 0.653. The van der Waals surface area contributed by atoms with Crippen molar-refractivity contribution in [3.63, 3.8) is 0 Å². The lowest BCUT2D eigenvalue weighted by Gasteiger charge is -2.06. The molecule has 2 rings (SSSR count).